The van der Waals surface area contributed by atoms with E-state index in [1.165, 1.54) is 6.07 Å². The van der Waals surface area contributed by atoms with Crippen molar-refractivity contribution < 1.29 is 14.3 Å². The molecular formula is C15H20FNO2. The molecule has 0 spiro atoms. The quantitative estimate of drug-likeness (QED) is 0.912. The van der Waals surface area contributed by atoms with Gasteiger partial charge in [0.1, 0.15) is 5.82 Å². The Morgan fingerprint density at radius 2 is 2.00 bits per heavy atom. The molecule has 1 saturated heterocycles. The third-order valence-corrected chi connectivity index (χ3v) is 3.91. The molecule has 1 heterocycles. The molecule has 1 fully saturated rings. The second-order valence-corrected chi connectivity index (χ2v) is 6.02. The third-order valence-electron chi connectivity index (χ3n) is 3.91. The molecule has 0 aliphatic carbocycles. The second-order valence-electron chi connectivity index (χ2n) is 6.02. The minimum Gasteiger partial charge on any atom is -0.478 e. The molecule has 3 nitrogen and oxygen atoms in total. The maximum absolute atomic E-state index is 14.0. The van der Waals surface area contributed by atoms with E-state index in [1.54, 1.807) is 12.1 Å². The molecule has 0 unspecified atom stereocenters. The van der Waals surface area contributed by atoms with E-state index in [9.17, 15) is 9.18 Å². The topological polar surface area (TPSA) is 40.5 Å². The Morgan fingerprint density at radius 3 is 2.58 bits per heavy atom. The standard InChI is InChI=1S/C15H20FNO2/c1-15(2)6-8-17(9-7-15)10-11-4-3-5-12(13(11)16)14(18)19/h3-5H,6-10H2,1-2H3,(H,18,19). The predicted molar refractivity (Wildman–Crippen MR) is 71.7 cm³/mol. The molecular weight excluding hydrogens is 245 g/mol. The monoisotopic (exact) mass is 265 g/mol. The Bertz CT molecular complexity index is 475. The molecule has 0 amide bonds. The van der Waals surface area contributed by atoms with E-state index in [0.717, 1.165) is 25.9 Å². The average molecular weight is 265 g/mol. The van der Waals surface area contributed by atoms with Gasteiger partial charge >= 0.3 is 5.97 Å². The molecule has 4 heteroatoms. The van der Waals surface area contributed by atoms with Gasteiger partial charge in [0.25, 0.3) is 0 Å². The van der Waals surface area contributed by atoms with Gasteiger partial charge in [-0.1, -0.05) is 26.0 Å². The molecule has 0 atom stereocenters. The summed E-state index contributed by atoms with van der Waals surface area (Å²) >= 11 is 0. The van der Waals surface area contributed by atoms with Crippen LogP contribution in [0.4, 0.5) is 4.39 Å². The van der Waals surface area contributed by atoms with Crippen LogP contribution in [0.1, 0.15) is 42.6 Å². The molecule has 1 aliphatic rings. The van der Waals surface area contributed by atoms with Gasteiger partial charge in [-0.05, 0) is 37.4 Å². The molecule has 0 bridgehead atoms. The normalized spacial score (nSPS) is 19.3. The first-order valence-corrected chi connectivity index (χ1v) is 6.62. The first kappa shape index (κ1) is 14.0. The number of nitrogens with zero attached hydrogens (tertiary/aromatic N) is 1. The number of halogens is 1. The highest BCUT2D eigenvalue weighted by Crippen LogP contribution is 2.30. The maximum atomic E-state index is 14.0. The van der Waals surface area contributed by atoms with Crippen molar-refractivity contribution >= 4 is 5.97 Å². The van der Waals surface area contributed by atoms with Crippen LogP contribution < -0.4 is 0 Å². The van der Waals surface area contributed by atoms with Gasteiger partial charge in [0, 0.05) is 12.1 Å². The summed E-state index contributed by atoms with van der Waals surface area (Å²) in [5.41, 5.74) is 0.590. The summed E-state index contributed by atoms with van der Waals surface area (Å²) in [5, 5.41) is 8.91. The van der Waals surface area contributed by atoms with Crippen LogP contribution in [0.5, 0.6) is 0 Å². The molecule has 0 radical (unpaired) electrons. The number of hydrogen-bond acceptors (Lipinski definition) is 2. The zero-order valence-corrected chi connectivity index (χ0v) is 11.4. The molecule has 1 aliphatic heterocycles. The van der Waals surface area contributed by atoms with Crippen molar-refractivity contribution in [2.75, 3.05) is 13.1 Å². The zero-order valence-electron chi connectivity index (χ0n) is 11.4. The number of hydrogen-bond donors (Lipinski definition) is 1. The van der Waals surface area contributed by atoms with Gasteiger partial charge in [-0.25, -0.2) is 9.18 Å². The summed E-state index contributed by atoms with van der Waals surface area (Å²) in [5.74, 6) is -1.81. The highest BCUT2D eigenvalue weighted by atomic mass is 19.1. The van der Waals surface area contributed by atoms with Crippen molar-refractivity contribution in [3.05, 3.63) is 35.1 Å². The molecule has 1 N–H and O–H groups in total. The molecule has 2 rings (SSSR count). The number of carbonyl (C=O) groups is 1. The molecule has 104 valence electrons. The van der Waals surface area contributed by atoms with Crippen molar-refractivity contribution in [1.82, 2.24) is 4.90 Å². The van der Waals surface area contributed by atoms with Crippen LogP contribution >= 0.6 is 0 Å². The number of piperidine rings is 1. The minimum atomic E-state index is -1.21. The first-order chi connectivity index (χ1) is 8.89. The van der Waals surface area contributed by atoms with Crippen molar-refractivity contribution in [3.63, 3.8) is 0 Å². The van der Waals surface area contributed by atoms with Gasteiger partial charge in [-0.2, -0.15) is 0 Å². The summed E-state index contributed by atoms with van der Waals surface area (Å²) in [7, 11) is 0. The fourth-order valence-electron chi connectivity index (χ4n) is 2.42. The van der Waals surface area contributed by atoms with Crippen LogP contribution in [0.3, 0.4) is 0 Å². The Balaban J connectivity index is 2.08. The summed E-state index contributed by atoms with van der Waals surface area (Å²) < 4.78 is 14.0. The lowest BCUT2D eigenvalue weighted by Gasteiger charge is -2.37. The Morgan fingerprint density at radius 1 is 1.37 bits per heavy atom. The Hall–Kier alpha value is -1.42. The summed E-state index contributed by atoms with van der Waals surface area (Å²) in [6, 6.07) is 4.58. The number of rotatable bonds is 3. The molecule has 19 heavy (non-hydrogen) atoms. The van der Waals surface area contributed by atoms with Gasteiger partial charge in [0.15, 0.2) is 0 Å². The molecule has 0 saturated carbocycles. The lowest BCUT2D eigenvalue weighted by atomic mass is 9.82. The highest BCUT2D eigenvalue weighted by molar-refractivity contribution is 5.88. The van der Waals surface area contributed by atoms with Crippen LogP contribution in [-0.2, 0) is 6.54 Å². The van der Waals surface area contributed by atoms with Gasteiger partial charge in [-0.15, -0.1) is 0 Å². The number of carboxylic acid groups (broad SMARTS) is 1. The summed E-state index contributed by atoms with van der Waals surface area (Å²) in [6.07, 6.45) is 2.18. The Labute approximate surface area is 113 Å². The summed E-state index contributed by atoms with van der Waals surface area (Å²) in [6.45, 7) is 6.85. The van der Waals surface area contributed by atoms with E-state index in [0.29, 0.717) is 17.5 Å². The largest absolute Gasteiger partial charge is 0.478 e. The highest BCUT2D eigenvalue weighted by Gasteiger charge is 2.26. The van der Waals surface area contributed by atoms with Crippen molar-refractivity contribution in [3.8, 4) is 0 Å². The van der Waals surface area contributed by atoms with Gasteiger partial charge < -0.3 is 5.11 Å². The number of likely N-dealkylation sites (tertiary alicyclic amines) is 1. The van der Waals surface area contributed by atoms with E-state index in [4.69, 9.17) is 5.11 Å². The second kappa shape index (κ2) is 5.29. The van der Waals surface area contributed by atoms with Crippen LogP contribution in [-0.4, -0.2) is 29.1 Å². The van der Waals surface area contributed by atoms with Gasteiger partial charge in [0.2, 0.25) is 0 Å². The van der Waals surface area contributed by atoms with Crippen LogP contribution in [0.2, 0.25) is 0 Å². The lowest BCUT2D eigenvalue weighted by Crippen LogP contribution is -2.37. The first-order valence-electron chi connectivity index (χ1n) is 6.62. The van der Waals surface area contributed by atoms with Crippen molar-refractivity contribution in [1.29, 1.82) is 0 Å². The van der Waals surface area contributed by atoms with Gasteiger partial charge in [-0.3, -0.25) is 4.90 Å². The van der Waals surface area contributed by atoms with Gasteiger partial charge in [0.05, 0.1) is 5.56 Å². The van der Waals surface area contributed by atoms with Crippen molar-refractivity contribution in [2.45, 2.75) is 33.2 Å². The fourth-order valence-corrected chi connectivity index (χ4v) is 2.42. The minimum absolute atomic E-state index is 0.241. The molecule has 1 aromatic rings. The average Bonchev–Trinajstić information content (AvgIpc) is 2.34. The molecule has 1 aromatic carbocycles. The van der Waals surface area contributed by atoms with E-state index in [-0.39, 0.29) is 5.56 Å². The van der Waals surface area contributed by atoms with E-state index >= 15 is 0 Å². The van der Waals surface area contributed by atoms with E-state index < -0.39 is 11.8 Å². The number of aromatic carboxylic acids is 1. The van der Waals surface area contributed by atoms with E-state index in [1.807, 2.05) is 0 Å². The third kappa shape index (κ3) is 3.32. The summed E-state index contributed by atoms with van der Waals surface area (Å²) in [4.78, 5) is 13.1. The number of benzene rings is 1. The smallest absolute Gasteiger partial charge is 0.338 e. The van der Waals surface area contributed by atoms with Crippen LogP contribution in [0.25, 0.3) is 0 Å². The van der Waals surface area contributed by atoms with Crippen LogP contribution in [0, 0.1) is 11.2 Å². The number of carboxylic acids is 1. The predicted octanol–water partition coefficient (Wildman–Crippen LogP) is 3.15. The zero-order chi connectivity index (χ0) is 14.0. The SMILES string of the molecule is CC1(C)CCN(Cc2cccc(C(=O)O)c2F)CC1. The molecule has 0 aromatic heterocycles. The Kier molecular flexibility index (Phi) is 3.90. The fraction of sp³-hybridized carbons (Fsp3) is 0.533. The van der Waals surface area contributed by atoms with Crippen LogP contribution in [0.15, 0.2) is 18.2 Å². The van der Waals surface area contributed by atoms with Crippen molar-refractivity contribution in [2.24, 2.45) is 5.41 Å². The van der Waals surface area contributed by atoms with E-state index in [2.05, 4.69) is 18.7 Å². The lowest BCUT2D eigenvalue weighted by molar-refractivity contribution is 0.0691. The maximum Gasteiger partial charge on any atom is 0.338 e.